The molecule has 0 radical (unpaired) electrons. The molecule has 0 fully saturated rings. The minimum Gasteiger partial charge on any atom is -0.409 e. The molecular weight excluding hydrogens is 286 g/mol. The number of amidine groups is 1. The molecule has 0 aliphatic carbocycles. The smallest absolute Gasteiger partial charge is 0.174 e. The van der Waals surface area contributed by atoms with E-state index in [0.717, 1.165) is 22.0 Å². The third kappa shape index (κ3) is 3.30. The topological polar surface area (TPSA) is 87.6 Å². The third-order valence-electron chi connectivity index (χ3n) is 3.12. The molecule has 0 aliphatic heterocycles. The van der Waals surface area contributed by atoms with Gasteiger partial charge in [0.15, 0.2) is 5.84 Å². The summed E-state index contributed by atoms with van der Waals surface area (Å²) in [5.74, 6) is 0.754. The lowest BCUT2D eigenvalue weighted by molar-refractivity contribution is 0.318. The molecule has 0 spiro atoms. The molecule has 0 bridgehead atoms. The van der Waals surface area contributed by atoms with Crippen LogP contribution in [0.4, 0.5) is 5.82 Å². The van der Waals surface area contributed by atoms with Gasteiger partial charge in [0.25, 0.3) is 0 Å². The third-order valence-corrected chi connectivity index (χ3v) is 3.94. The fourth-order valence-corrected chi connectivity index (χ4v) is 2.86. The number of aromatic nitrogens is 2. The summed E-state index contributed by atoms with van der Waals surface area (Å²) < 4.78 is 0. The number of hydrogen-bond donors (Lipinski definition) is 2. The quantitative estimate of drug-likeness (QED) is 0.391. The fraction of sp³-hybridized carbons (Fsp3) is 0.357. The Hall–Kier alpha value is -2.15. The van der Waals surface area contributed by atoms with Crippen molar-refractivity contribution in [3.05, 3.63) is 39.0 Å². The van der Waals surface area contributed by atoms with Crippen molar-refractivity contribution in [2.24, 2.45) is 10.9 Å². The van der Waals surface area contributed by atoms with Crippen LogP contribution < -0.4 is 10.6 Å². The molecule has 0 saturated heterocycles. The van der Waals surface area contributed by atoms with Crippen LogP contribution in [-0.2, 0) is 6.54 Å². The van der Waals surface area contributed by atoms with Crippen molar-refractivity contribution in [1.29, 1.82) is 0 Å². The number of nitrogens with zero attached hydrogens (tertiary/aromatic N) is 4. The van der Waals surface area contributed by atoms with Gasteiger partial charge in [-0.15, -0.1) is 11.3 Å². The van der Waals surface area contributed by atoms with Gasteiger partial charge in [0.05, 0.1) is 22.8 Å². The Bertz CT molecular complexity index is 680. The van der Waals surface area contributed by atoms with Gasteiger partial charge in [-0.2, -0.15) is 0 Å². The van der Waals surface area contributed by atoms with Crippen LogP contribution in [0.1, 0.15) is 27.5 Å². The fourth-order valence-electron chi connectivity index (χ4n) is 2.26. The molecule has 2 rings (SSSR count). The normalized spacial score (nSPS) is 11.7. The Morgan fingerprint density at radius 1 is 1.38 bits per heavy atom. The van der Waals surface area contributed by atoms with Gasteiger partial charge in [0, 0.05) is 18.1 Å². The zero-order valence-electron chi connectivity index (χ0n) is 12.6. The van der Waals surface area contributed by atoms with E-state index < -0.39 is 0 Å². The van der Waals surface area contributed by atoms with E-state index in [-0.39, 0.29) is 5.84 Å². The zero-order valence-corrected chi connectivity index (χ0v) is 13.4. The standard InChI is InChI=1S/C14H19N5OS/c1-8-5-9(2)16-14(12(8)13(15)18-20)19(4)6-11-7-21-10(3)17-11/h5,7,20H,6H2,1-4H3,(H2,15,18). The second-order valence-electron chi connectivity index (χ2n) is 4.98. The summed E-state index contributed by atoms with van der Waals surface area (Å²) >= 11 is 1.62. The van der Waals surface area contributed by atoms with Gasteiger partial charge >= 0.3 is 0 Å². The summed E-state index contributed by atoms with van der Waals surface area (Å²) in [6.45, 7) is 6.44. The average Bonchev–Trinajstić information content (AvgIpc) is 2.82. The molecule has 7 heteroatoms. The average molecular weight is 305 g/mol. The molecule has 2 aromatic rings. The monoisotopic (exact) mass is 305 g/mol. The highest BCUT2D eigenvalue weighted by atomic mass is 32.1. The lowest BCUT2D eigenvalue weighted by Crippen LogP contribution is -2.25. The minimum atomic E-state index is 0.0660. The predicted molar refractivity (Wildman–Crippen MR) is 85.2 cm³/mol. The van der Waals surface area contributed by atoms with Gasteiger partial charge < -0.3 is 15.8 Å². The van der Waals surface area contributed by atoms with Crippen molar-refractivity contribution >= 4 is 23.0 Å². The predicted octanol–water partition coefficient (Wildman–Crippen LogP) is 2.19. The maximum Gasteiger partial charge on any atom is 0.174 e. The van der Waals surface area contributed by atoms with Gasteiger partial charge in [-0.05, 0) is 32.4 Å². The lowest BCUT2D eigenvalue weighted by atomic mass is 10.1. The molecule has 2 aromatic heterocycles. The molecule has 6 nitrogen and oxygen atoms in total. The first-order valence-electron chi connectivity index (χ1n) is 6.50. The Morgan fingerprint density at radius 3 is 2.67 bits per heavy atom. The van der Waals surface area contributed by atoms with E-state index in [1.165, 1.54) is 0 Å². The van der Waals surface area contributed by atoms with Crippen molar-refractivity contribution in [2.45, 2.75) is 27.3 Å². The van der Waals surface area contributed by atoms with Crippen LogP contribution in [0.25, 0.3) is 0 Å². The number of pyridine rings is 1. The van der Waals surface area contributed by atoms with Crippen LogP contribution in [-0.4, -0.2) is 28.1 Å². The first kappa shape index (κ1) is 15.2. The molecule has 0 saturated carbocycles. The Kier molecular flexibility index (Phi) is 4.42. The highest BCUT2D eigenvalue weighted by Crippen LogP contribution is 2.23. The van der Waals surface area contributed by atoms with Gasteiger partial charge in [-0.3, -0.25) is 0 Å². The van der Waals surface area contributed by atoms with E-state index in [9.17, 15) is 0 Å². The lowest BCUT2D eigenvalue weighted by Gasteiger charge is -2.21. The first-order chi connectivity index (χ1) is 9.92. The van der Waals surface area contributed by atoms with Crippen molar-refractivity contribution in [1.82, 2.24) is 9.97 Å². The Labute approximate surface area is 128 Å². The van der Waals surface area contributed by atoms with Crippen molar-refractivity contribution in [3.63, 3.8) is 0 Å². The summed E-state index contributed by atoms with van der Waals surface area (Å²) in [5, 5.41) is 15.2. The number of nitrogens with two attached hydrogens (primary N) is 1. The molecule has 0 atom stereocenters. The van der Waals surface area contributed by atoms with E-state index in [4.69, 9.17) is 10.9 Å². The van der Waals surface area contributed by atoms with Crippen LogP contribution in [0.3, 0.4) is 0 Å². The number of anilines is 1. The second-order valence-corrected chi connectivity index (χ2v) is 6.04. The van der Waals surface area contributed by atoms with Gasteiger partial charge in [0.1, 0.15) is 5.82 Å². The minimum absolute atomic E-state index is 0.0660. The Balaban J connectivity index is 2.41. The van der Waals surface area contributed by atoms with E-state index in [0.29, 0.717) is 17.9 Å². The summed E-state index contributed by atoms with van der Waals surface area (Å²) in [6, 6.07) is 1.91. The highest BCUT2D eigenvalue weighted by molar-refractivity contribution is 7.09. The van der Waals surface area contributed by atoms with Crippen molar-refractivity contribution in [3.8, 4) is 0 Å². The maximum absolute atomic E-state index is 8.99. The highest BCUT2D eigenvalue weighted by Gasteiger charge is 2.17. The first-order valence-corrected chi connectivity index (χ1v) is 7.38. The van der Waals surface area contributed by atoms with Crippen LogP contribution in [0.15, 0.2) is 16.6 Å². The van der Waals surface area contributed by atoms with E-state index in [1.54, 1.807) is 11.3 Å². The molecule has 112 valence electrons. The molecule has 0 amide bonds. The number of hydrogen-bond acceptors (Lipinski definition) is 6. The zero-order chi connectivity index (χ0) is 15.6. The van der Waals surface area contributed by atoms with Crippen molar-refractivity contribution in [2.75, 3.05) is 11.9 Å². The van der Waals surface area contributed by atoms with Crippen LogP contribution in [0, 0.1) is 20.8 Å². The molecule has 3 N–H and O–H groups in total. The number of rotatable bonds is 4. The summed E-state index contributed by atoms with van der Waals surface area (Å²) in [7, 11) is 1.92. The summed E-state index contributed by atoms with van der Waals surface area (Å²) in [5.41, 5.74) is 9.24. The molecule has 0 aliphatic rings. The summed E-state index contributed by atoms with van der Waals surface area (Å²) in [6.07, 6.45) is 0. The second kappa shape index (κ2) is 6.09. The Morgan fingerprint density at radius 2 is 2.10 bits per heavy atom. The number of aryl methyl sites for hydroxylation is 3. The van der Waals surface area contributed by atoms with E-state index in [1.807, 2.05) is 44.2 Å². The molecular formula is C14H19N5OS. The van der Waals surface area contributed by atoms with E-state index >= 15 is 0 Å². The maximum atomic E-state index is 8.99. The van der Waals surface area contributed by atoms with Gasteiger partial charge in [-0.1, -0.05) is 5.16 Å². The molecule has 0 unspecified atom stereocenters. The molecule has 0 aromatic carbocycles. The van der Waals surface area contributed by atoms with Crippen LogP contribution in [0.5, 0.6) is 0 Å². The van der Waals surface area contributed by atoms with Gasteiger partial charge in [-0.25, -0.2) is 9.97 Å². The van der Waals surface area contributed by atoms with Crippen LogP contribution in [0.2, 0.25) is 0 Å². The van der Waals surface area contributed by atoms with Crippen LogP contribution >= 0.6 is 11.3 Å². The number of thiazole rings is 1. The largest absolute Gasteiger partial charge is 0.409 e. The molecule has 2 heterocycles. The summed E-state index contributed by atoms with van der Waals surface area (Å²) in [4.78, 5) is 10.9. The molecule has 21 heavy (non-hydrogen) atoms. The SMILES string of the molecule is Cc1cc(C)c(C(N)=NO)c(N(C)Cc2csc(C)n2)n1. The number of oxime groups is 1. The van der Waals surface area contributed by atoms with E-state index in [2.05, 4.69) is 15.1 Å². The van der Waals surface area contributed by atoms with Crippen molar-refractivity contribution < 1.29 is 5.21 Å². The van der Waals surface area contributed by atoms with Gasteiger partial charge in [0.2, 0.25) is 0 Å².